The molecule has 2 aliphatic heterocycles. The van der Waals surface area contributed by atoms with Crippen LogP contribution >= 0.6 is 35.0 Å². The highest BCUT2D eigenvalue weighted by Crippen LogP contribution is 2.40. The van der Waals surface area contributed by atoms with E-state index in [0.29, 0.717) is 27.6 Å². The first kappa shape index (κ1) is 20.9. The van der Waals surface area contributed by atoms with E-state index in [1.54, 1.807) is 30.0 Å². The fourth-order valence-electron chi connectivity index (χ4n) is 3.85. The maximum atomic E-state index is 12.5. The molecule has 0 aliphatic carbocycles. The van der Waals surface area contributed by atoms with Crippen LogP contribution in [0.4, 0.5) is 0 Å². The molecule has 7 heteroatoms. The lowest BCUT2D eigenvalue weighted by Gasteiger charge is -2.29. The van der Waals surface area contributed by atoms with Crippen LogP contribution in [0.5, 0.6) is 11.5 Å². The molecule has 4 rings (SSSR count). The van der Waals surface area contributed by atoms with E-state index in [1.807, 2.05) is 23.1 Å². The summed E-state index contributed by atoms with van der Waals surface area (Å²) in [5, 5.41) is 4.56. The van der Waals surface area contributed by atoms with Gasteiger partial charge in [-0.1, -0.05) is 41.8 Å². The quantitative estimate of drug-likeness (QED) is 0.595. The molecule has 2 heterocycles. The van der Waals surface area contributed by atoms with Crippen molar-refractivity contribution in [3.05, 3.63) is 58.1 Å². The standard InChI is InChI=1S/C22H24Cl2N2O2S/c23-19-8-7-18(13-20(19)24)28-17-6-3-4-15(12-17)22-26(21(27)14-29-22)11-9-16-5-1-2-10-25-16/h3-4,6-8,12-13,16,22,25H,1-2,5,9-11,14H2. The third-order valence-electron chi connectivity index (χ3n) is 5.37. The number of thioether (sulfide) groups is 1. The topological polar surface area (TPSA) is 41.6 Å². The van der Waals surface area contributed by atoms with Crippen molar-refractivity contribution in [3.8, 4) is 11.5 Å². The third kappa shape index (κ3) is 5.21. The molecule has 29 heavy (non-hydrogen) atoms. The summed E-state index contributed by atoms with van der Waals surface area (Å²) < 4.78 is 5.97. The Hall–Kier alpha value is -1.40. The average Bonchev–Trinajstić information content (AvgIpc) is 3.11. The number of halogens is 2. The van der Waals surface area contributed by atoms with Crippen molar-refractivity contribution in [2.24, 2.45) is 0 Å². The first-order valence-corrected chi connectivity index (χ1v) is 11.8. The smallest absolute Gasteiger partial charge is 0.233 e. The van der Waals surface area contributed by atoms with Crippen LogP contribution in [0.3, 0.4) is 0 Å². The number of nitrogens with zero attached hydrogens (tertiary/aromatic N) is 1. The van der Waals surface area contributed by atoms with Crippen LogP contribution in [0.1, 0.15) is 36.6 Å². The lowest BCUT2D eigenvalue weighted by atomic mass is 10.0. The molecule has 2 atom stereocenters. The zero-order valence-corrected chi connectivity index (χ0v) is 18.4. The maximum absolute atomic E-state index is 12.5. The molecule has 0 spiro atoms. The van der Waals surface area contributed by atoms with Gasteiger partial charge in [-0.3, -0.25) is 4.79 Å². The van der Waals surface area contributed by atoms with Crippen molar-refractivity contribution >= 4 is 40.9 Å². The SMILES string of the molecule is O=C1CSC(c2cccc(Oc3ccc(Cl)c(Cl)c3)c2)N1CCC1CCCCN1. The zero-order valence-electron chi connectivity index (χ0n) is 16.1. The van der Waals surface area contributed by atoms with Crippen molar-refractivity contribution in [2.45, 2.75) is 37.1 Å². The van der Waals surface area contributed by atoms with Gasteiger partial charge in [-0.25, -0.2) is 0 Å². The van der Waals surface area contributed by atoms with Crippen LogP contribution in [0.2, 0.25) is 10.0 Å². The number of piperidine rings is 1. The van der Waals surface area contributed by atoms with Gasteiger partial charge < -0.3 is 15.0 Å². The molecular weight excluding hydrogens is 427 g/mol. The fourth-order valence-corrected chi connectivity index (χ4v) is 5.34. The van der Waals surface area contributed by atoms with Gasteiger partial charge in [0.25, 0.3) is 0 Å². The normalized spacial score (nSPS) is 22.1. The van der Waals surface area contributed by atoms with Crippen LogP contribution < -0.4 is 10.1 Å². The minimum atomic E-state index is 0.0310. The number of rotatable bonds is 6. The second-order valence-electron chi connectivity index (χ2n) is 7.44. The van der Waals surface area contributed by atoms with Crippen LogP contribution in [0.25, 0.3) is 0 Å². The van der Waals surface area contributed by atoms with Gasteiger partial charge in [0.05, 0.1) is 15.8 Å². The zero-order chi connectivity index (χ0) is 20.2. The largest absolute Gasteiger partial charge is 0.457 e. The van der Waals surface area contributed by atoms with Gasteiger partial charge in [0.15, 0.2) is 0 Å². The fraction of sp³-hybridized carbons (Fsp3) is 0.409. The third-order valence-corrected chi connectivity index (χ3v) is 7.36. The Morgan fingerprint density at radius 1 is 1.10 bits per heavy atom. The lowest BCUT2D eigenvalue weighted by molar-refractivity contribution is -0.128. The highest BCUT2D eigenvalue weighted by molar-refractivity contribution is 8.00. The Morgan fingerprint density at radius 3 is 2.76 bits per heavy atom. The lowest BCUT2D eigenvalue weighted by Crippen LogP contribution is -2.38. The molecule has 1 N–H and O–H groups in total. The van der Waals surface area contributed by atoms with Gasteiger partial charge in [-0.2, -0.15) is 0 Å². The minimum Gasteiger partial charge on any atom is -0.457 e. The molecule has 2 aromatic carbocycles. The average molecular weight is 451 g/mol. The Morgan fingerprint density at radius 2 is 1.97 bits per heavy atom. The number of carbonyl (C=O) groups is 1. The van der Waals surface area contributed by atoms with E-state index in [2.05, 4.69) is 11.4 Å². The van der Waals surface area contributed by atoms with E-state index in [1.165, 1.54) is 19.3 Å². The van der Waals surface area contributed by atoms with E-state index in [4.69, 9.17) is 27.9 Å². The van der Waals surface area contributed by atoms with Crippen molar-refractivity contribution in [1.82, 2.24) is 10.2 Å². The molecule has 4 nitrogen and oxygen atoms in total. The molecule has 0 aromatic heterocycles. The Kier molecular flexibility index (Phi) is 6.91. The van der Waals surface area contributed by atoms with Gasteiger partial charge >= 0.3 is 0 Å². The summed E-state index contributed by atoms with van der Waals surface area (Å²) in [7, 11) is 0. The predicted molar refractivity (Wildman–Crippen MR) is 120 cm³/mol. The molecule has 2 unspecified atom stereocenters. The number of hydrogen-bond donors (Lipinski definition) is 1. The monoisotopic (exact) mass is 450 g/mol. The van der Waals surface area contributed by atoms with Gasteiger partial charge in [-0.15, -0.1) is 11.8 Å². The number of ether oxygens (including phenoxy) is 1. The maximum Gasteiger partial charge on any atom is 0.233 e. The number of carbonyl (C=O) groups excluding carboxylic acids is 1. The van der Waals surface area contributed by atoms with E-state index >= 15 is 0 Å². The van der Waals surface area contributed by atoms with Crippen molar-refractivity contribution in [1.29, 1.82) is 0 Å². The van der Waals surface area contributed by atoms with Crippen LogP contribution in [-0.2, 0) is 4.79 Å². The Labute approximate surface area is 185 Å². The minimum absolute atomic E-state index is 0.0310. The number of amides is 1. The summed E-state index contributed by atoms with van der Waals surface area (Å²) >= 11 is 13.7. The molecule has 2 fully saturated rings. The first-order valence-electron chi connectivity index (χ1n) is 9.97. The number of benzene rings is 2. The van der Waals surface area contributed by atoms with Gasteiger partial charge in [0, 0.05) is 18.7 Å². The van der Waals surface area contributed by atoms with E-state index < -0.39 is 0 Å². The molecule has 2 aromatic rings. The number of nitrogens with one attached hydrogen (secondary N) is 1. The molecular formula is C22H24Cl2N2O2S. The van der Waals surface area contributed by atoms with Crippen LogP contribution in [-0.4, -0.2) is 35.7 Å². The second-order valence-corrected chi connectivity index (χ2v) is 9.32. The van der Waals surface area contributed by atoms with Crippen molar-refractivity contribution in [2.75, 3.05) is 18.8 Å². The summed E-state index contributed by atoms with van der Waals surface area (Å²) in [6, 6.07) is 13.7. The molecule has 2 saturated heterocycles. The molecule has 2 aliphatic rings. The van der Waals surface area contributed by atoms with Crippen LogP contribution in [0, 0.1) is 0 Å². The summed E-state index contributed by atoms with van der Waals surface area (Å²) in [6.45, 7) is 1.87. The summed E-state index contributed by atoms with van der Waals surface area (Å²) in [6.07, 6.45) is 4.73. The van der Waals surface area contributed by atoms with Gasteiger partial charge in [-0.05, 0) is 55.6 Å². The highest BCUT2D eigenvalue weighted by atomic mass is 35.5. The van der Waals surface area contributed by atoms with Gasteiger partial charge in [0.2, 0.25) is 5.91 Å². The molecule has 0 saturated carbocycles. The Balaban J connectivity index is 1.45. The molecule has 0 bridgehead atoms. The van der Waals surface area contributed by atoms with Crippen molar-refractivity contribution in [3.63, 3.8) is 0 Å². The first-order chi connectivity index (χ1) is 14.1. The van der Waals surface area contributed by atoms with Crippen LogP contribution in [0.15, 0.2) is 42.5 Å². The number of hydrogen-bond acceptors (Lipinski definition) is 4. The van der Waals surface area contributed by atoms with E-state index in [0.717, 1.165) is 30.8 Å². The second kappa shape index (κ2) is 9.61. The van der Waals surface area contributed by atoms with Gasteiger partial charge in [0.1, 0.15) is 16.9 Å². The predicted octanol–water partition coefficient (Wildman–Crippen LogP) is 5.89. The summed E-state index contributed by atoms with van der Waals surface area (Å²) in [5.74, 6) is 2.09. The Bertz CT molecular complexity index is 874. The van der Waals surface area contributed by atoms with E-state index in [-0.39, 0.29) is 11.3 Å². The molecule has 1 amide bonds. The summed E-state index contributed by atoms with van der Waals surface area (Å²) in [4.78, 5) is 14.5. The van der Waals surface area contributed by atoms with E-state index in [9.17, 15) is 4.79 Å². The highest BCUT2D eigenvalue weighted by Gasteiger charge is 2.33. The van der Waals surface area contributed by atoms with Crippen molar-refractivity contribution < 1.29 is 9.53 Å². The molecule has 0 radical (unpaired) electrons. The summed E-state index contributed by atoms with van der Waals surface area (Å²) in [5.41, 5.74) is 1.08. The molecule has 154 valence electrons.